The third-order valence-corrected chi connectivity index (χ3v) is 6.29. The molecule has 1 aliphatic heterocycles. The van der Waals surface area contributed by atoms with Crippen LogP contribution in [0.4, 0.5) is 5.69 Å². The average molecular weight is 350 g/mol. The number of rotatable bonds is 4. The van der Waals surface area contributed by atoms with Crippen molar-refractivity contribution in [3.8, 4) is 0 Å². The second-order valence-corrected chi connectivity index (χ2v) is 9.02. The first kappa shape index (κ1) is 16.8. The van der Waals surface area contributed by atoms with Gasteiger partial charge in [-0.2, -0.15) is 11.8 Å². The maximum atomic E-state index is 12.0. The zero-order valence-electron chi connectivity index (χ0n) is 12.4. The molecule has 2 heterocycles. The van der Waals surface area contributed by atoms with Crippen molar-refractivity contribution >= 4 is 38.9 Å². The van der Waals surface area contributed by atoms with Gasteiger partial charge in [0.25, 0.3) is 0 Å². The number of aromatic nitrogens is 2. The zero-order chi connectivity index (χ0) is 15.6. The van der Waals surface area contributed by atoms with Gasteiger partial charge >= 0.3 is 0 Å². The summed E-state index contributed by atoms with van der Waals surface area (Å²) >= 11 is 7.67. The van der Waals surface area contributed by atoms with E-state index in [0.29, 0.717) is 18.0 Å². The highest BCUT2D eigenvalue weighted by molar-refractivity contribution is 8.01. The Morgan fingerprint density at radius 1 is 1.52 bits per heavy atom. The Morgan fingerprint density at radius 2 is 2.24 bits per heavy atom. The third-order valence-electron chi connectivity index (χ3n) is 3.40. The first-order chi connectivity index (χ1) is 9.84. The number of hydrogen-bond acceptors (Lipinski definition) is 6. The Labute approximate surface area is 135 Å². The van der Waals surface area contributed by atoms with Crippen LogP contribution < -0.4 is 4.90 Å². The van der Waals surface area contributed by atoms with Crippen LogP contribution in [-0.4, -0.2) is 48.1 Å². The number of hydrogen-bond donors (Lipinski definition) is 0. The quantitative estimate of drug-likeness (QED) is 0.777. The van der Waals surface area contributed by atoms with Crippen molar-refractivity contribution in [1.82, 2.24) is 9.97 Å². The lowest BCUT2D eigenvalue weighted by Crippen LogP contribution is -2.47. The average Bonchev–Trinajstić information content (AvgIpc) is 2.45. The molecule has 1 aromatic rings. The van der Waals surface area contributed by atoms with Gasteiger partial charge in [-0.3, -0.25) is 0 Å². The molecular formula is C13H20ClN3O2S2. The van der Waals surface area contributed by atoms with Gasteiger partial charge in [-0.05, 0) is 0 Å². The van der Waals surface area contributed by atoms with Gasteiger partial charge in [-0.25, -0.2) is 18.4 Å². The van der Waals surface area contributed by atoms with Crippen molar-refractivity contribution in [1.29, 1.82) is 0 Å². The van der Waals surface area contributed by atoms with Crippen molar-refractivity contribution in [2.75, 3.05) is 29.2 Å². The highest BCUT2D eigenvalue weighted by Gasteiger charge is 2.32. The van der Waals surface area contributed by atoms with E-state index in [-0.39, 0.29) is 11.8 Å². The van der Waals surface area contributed by atoms with Crippen molar-refractivity contribution in [3.05, 3.63) is 17.7 Å². The van der Waals surface area contributed by atoms with E-state index in [9.17, 15) is 8.42 Å². The molecule has 0 amide bonds. The summed E-state index contributed by atoms with van der Waals surface area (Å²) < 4.78 is 24.0. The summed E-state index contributed by atoms with van der Waals surface area (Å²) in [5.41, 5.74) is 1.45. The third kappa shape index (κ3) is 3.81. The minimum absolute atomic E-state index is 0.212. The molecule has 1 fully saturated rings. The van der Waals surface area contributed by atoms with E-state index in [1.54, 1.807) is 18.0 Å². The molecule has 0 aromatic carbocycles. The normalized spacial score (nSPS) is 20.0. The van der Waals surface area contributed by atoms with Crippen LogP contribution in [0.5, 0.6) is 0 Å². The molecule has 21 heavy (non-hydrogen) atoms. The first-order valence-electron chi connectivity index (χ1n) is 6.79. The molecule has 0 radical (unpaired) electrons. The molecule has 1 aliphatic rings. The molecule has 0 aliphatic carbocycles. The summed E-state index contributed by atoms with van der Waals surface area (Å²) in [7, 11) is -3.17. The molecule has 1 aromatic heterocycles. The minimum Gasteiger partial charge on any atom is -0.351 e. The number of nitrogens with zero attached hydrogens (tertiary/aromatic N) is 3. The fraction of sp³-hybridized carbons (Fsp3) is 0.692. The van der Waals surface area contributed by atoms with Crippen molar-refractivity contribution in [2.45, 2.75) is 31.0 Å². The van der Waals surface area contributed by atoms with Gasteiger partial charge in [0.1, 0.15) is 11.2 Å². The van der Waals surface area contributed by atoms with Crippen LogP contribution in [0, 0.1) is 0 Å². The predicted molar refractivity (Wildman–Crippen MR) is 89.0 cm³/mol. The second-order valence-electron chi connectivity index (χ2n) is 5.40. The Kier molecular flexibility index (Phi) is 5.38. The van der Waals surface area contributed by atoms with Crippen molar-refractivity contribution in [2.24, 2.45) is 0 Å². The summed E-state index contributed by atoms with van der Waals surface area (Å²) in [6.07, 6.45) is 2.99. The highest BCUT2D eigenvalue weighted by Crippen LogP contribution is 2.29. The highest BCUT2D eigenvalue weighted by atomic mass is 35.5. The topological polar surface area (TPSA) is 63.2 Å². The van der Waals surface area contributed by atoms with Crippen molar-refractivity contribution < 1.29 is 8.42 Å². The van der Waals surface area contributed by atoms with Gasteiger partial charge in [0.2, 0.25) is 0 Å². The molecular weight excluding hydrogens is 330 g/mol. The van der Waals surface area contributed by atoms with Gasteiger partial charge in [0, 0.05) is 30.2 Å². The summed E-state index contributed by atoms with van der Waals surface area (Å²) in [5, 5.41) is -0.535. The largest absolute Gasteiger partial charge is 0.351 e. The lowest BCUT2D eigenvalue weighted by molar-refractivity contribution is 0.584. The van der Waals surface area contributed by atoms with E-state index in [2.05, 4.69) is 9.97 Å². The Balaban J connectivity index is 2.43. The molecule has 0 spiro atoms. The van der Waals surface area contributed by atoms with E-state index >= 15 is 0 Å². The molecule has 1 atom stereocenters. The lowest BCUT2D eigenvalue weighted by Gasteiger charge is -2.36. The monoisotopic (exact) mass is 349 g/mol. The molecule has 8 heteroatoms. The summed E-state index contributed by atoms with van der Waals surface area (Å²) in [4.78, 5) is 10.7. The summed E-state index contributed by atoms with van der Waals surface area (Å²) in [5.74, 6) is 2.64. The predicted octanol–water partition coefficient (Wildman–Crippen LogP) is 2.26. The number of thioether (sulfide) groups is 1. The molecule has 0 N–H and O–H groups in total. The number of halogens is 1. The molecule has 5 nitrogen and oxygen atoms in total. The van der Waals surface area contributed by atoms with Crippen LogP contribution in [0.1, 0.15) is 31.3 Å². The maximum absolute atomic E-state index is 12.0. The summed E-state index contributed by atoms with van der Waals surface area (Å²) in [6, 6.07) is 0. The van der Waals surface area contributed by atoms with E-state index in [1.807, 2.05) is 18.7 Å². The van der Waals surface area contributed by atoms with Crippen molar-refractivity contribution in [3.63, 3.8) is 0 Å². The molecule has 0 bridgehead atoms. The molecule has 1 unspecified atom stereocenters. The van der Waals surface area contributed by atoms with Crippen LogP contribution in [-0.2, 0) is 15.7 Å². The molecule has 0 saturated carbocycles. The second kappa shape index (κ2) is 6.71. The summed E-state index contributed by atoms with van der Waals surface area (Å²) in [6.45, 7) is 4.70. The SMILES string of the molecule is CC(C)c1ncc(N2CCSCC2S(C)(=O)=O)c(CCl)n1. The smallest absolute Gasteiger partial charge is 0.169 e. The van der Waals surface area contributed by atoms with E-state index in [4.69, 9.17) is 11.6 Å². The Hall–Kier alpha value is -0.530. The van der Waals surface area contributed by atoms with E-state index < -0.39 is 15.2 Å². The maximum Gasteiger partial charge on any atom is 0.169 e. The Morgan fingerprint density at radius 3 is 2.81 bits per heavy atom. The number of alkyl halides is 1. The molecule has 1 saturated heterocycles. The van der Waals surface area contributed by atoms with Gasteiger partial charge < -0.3 is 4.90 Å². The van der Waals surface area contributed by atoms with Crippen LogP contribution >= 0.6 is 23.4 Å². The fourth-order valence-corrected chi connectivity index (χ4v) is 5.28. The number of anilines is 1. The molecule has 2 rings (SSSR count). The molecule has 118 valence electrons. The van der Waals surface area contributed by atoms with Gasteiger partial charge in [0.15, 0.2) is 9.84 Å². The van der Waals surface area contributed by atoms with E-state index in [1.165, 1.54) is 6.26 Å². The van der Waals surface area contributed by atoms with Crippen LogP contribution in [0.2, 0.25) is 0 Å². The Bertz CT molecular complexity index is 607. The van der Waals surface area contributed by atoms with Crippen LogP contribution in [0.15, 0.2) is 6.20 Å². The van der Waals surface area contributed by atoms with Crippen LogP contribution in [0.25, 0.3) is 0 Å². The van der Waals surface area contributed by atoms with Gasteiger partial charge in [-0.1, -0.05) is 13.8 Å². The first-order valence-corrected chi connectivity index (χ1v) is 10.4. The lowest BCUT2D eigenvalue weighted by atomic mass is 10.2. The standard InChI is InChI=1S/C13H20ClN3O2S2/c1-9(2)13-15-7-11(10(6-14)16-13)17-4-5-20-8-12(17)21(3,18)19/h7,9,12H,4-6,8H2,1-3H3. The van der Waals surface area contributed by atoms with E-state index in [0.717, 1.165) is 17.3 Å². The zero-order valence-corrected chi connectivity index (χ0v) is 14.8. The van der Waals surface area contributed by atoms with Gasteiger partial charge in [0.05, 0.1) is 23.5 Å². The minimum atomic E-state index is -3.17. The number of sulfone groups is 1. The van der Waals surface area contributed by atoms with Crippen LogP contribution in [0.3, 0.4) is 0 Å². The van der Waals surface area contributed by atoms with Gasteiger partial charge in [-0.15, -0.1) is 11.6 Å². The fourth-order valence-electron chi connectivity index (χ4n) is 2.25.